The van der Waals surface area contributed by atoms with Crippen LogP contribution in [0.4, 0.5) is 5.69 Å². The van der Waals surface area contributed by atoms with Gasteiger partial charge < -0.3 is 15.8 Å². The Labute approximate surface area is 184 Å². The van der Waals surface area contributed by atoms with E-state index in [0.29, 0.717) is 12.5 Å². The van der Waals surface area contributed by atoms with Crippen LogP contribution in [0.15, 0.2) is 46.1 Å². The molecule has 0 bridgehead atoms. The molecule has 0 saturated heterocycles. The molecule has 2 rings (SSSR count). The SMILES string of the molecule is CCN(CC)C(CN=C(N)Nc1ccc(OC(C)C)cc1)c1ccsc1.I. The number of rotatable bonds is 9. The minimum absolute atomic E-state index is 0. The summed E-state index contributed by atoms with van der Waals surface area (Å²) in [5, 5.41) is 7.45. The molecule has 2 aromatic rings. The Morgan fingerprint density at radius 3 is 2.37 bits per heavy atom. The minimum atomic E-state index is 0. The molecule has 0 fully saturated rings. The van der Waals surface area contributed by atoms with Crippen molar-refractivity contribution < 1.29 is 4.74 Å². The lowest BCUT2D eigenvalue weighted by Crippen LogP contribution is -2.31. The number of aliphatic imine (C=N–C) groups is 1. The summed E-state index contributed by atoms with van der Waals surface area (Å²) in [5.41, 5.74) is 8.30. The summed E-state index contributed by atoms with van der Waals surface area (Å²) in [5.74, 6) is 1.27. The zero-order valence-electron chi connectivity index (χ0n) is 16.5. The van der Waals surface area contributed by atoms with Crippen LogP contribution in [-0.2, 0) is 0 Å². The van der Waals surface area contributed by atoms with E-state index >= 15 is 0 Å². The van der Waals surface area contributed by atoms with Crippen molar-refractivity contribution in [2.75, 3.05) is 25.0 Å². The van der Waals surface area contributed by atoms with Gasteiger partial charge in [0.05, 0.1) is 18.7 Å². The Kier molecular flexibility index (Phi) is 10.7. The third kappa shape index (κ3) is 7.67. The Morgan fingerprint density at radius 1 is 1.19 bits per heavy atom. The highest BCUT2D eigenvalue weighted by Crippen LogP contribution is 2.23. The molecule has 1 heterocycles. The third-order valence-electron chi connectivity index (χ3n) is 4.11. The molecule has 1 unspecified atom stereocenters. The molecule has 0 amide bonds. The van der Waals surface area contributed by atoms with Gasteiger partial charge in [0.2, 0.25) is 0 Å². The fraction of sp³-hybridized carbons (Fsp3) is 0.450. The molecule has 27 heavy (non-hydrogen) atoms. The first kappa shape index (κ1) is 23.7. The molecule has 0 spiro atoms. The molecular weight excluding hydrogens is 471 g/mol. The first-order chi connectivity index (χ1) is 12.5. The molecule has 0 radical (unpaired) electrons. The summed E-state index contributed by atoms with van der Waals surface area (Å²) in [6.07, 6.45) is 0.162. The predicted octanol–water partition coefficient (Wildman–Crippen LogP) is 4.96. The maximum absolute atomic E-state index is 6.10. The molecular formula is C20H31IN4OS. The number of likely N-dealkylation sites (N-methyl/N-ethyl adjacent to an activating group) is 1. The molecule has 1 aromatic carbocycles. The number of thiophene rings is 1. The number of nitrogens with two attached hydrogens (primary N) is 1. The normalized spacial score (nSPS) is 12.7. The highest BCUT2D eigenvalue weighted by atomic mass is 127. The lowest BCUT2D eigenvalue weighted by atomic mass is 10.1. The van der Waals surface area contributed by atoms with Gasteiger partial charge in [0.1, 0.15) is 5.75 Å². The van der Waals surface area contributed by atoms with Crippen LogP contribution in [-0.4, -0.2) is 36.6 Å². The van der Waals surface area contributed by atoms with E-state index in [0.717, 1.165) is 24.5 Å². The Balaban J connectivity index is 0.00000364. The maximum Gasteiger partial charge on any atom is 0.193 e. The van der Waals surface area contributed by atoms with E-state index in [9.17, 15) is 0 Å². The van der Waals surface area contributed by atoms with Crippen molar-refractivity contribution in [3.8, 4) is 5.75 Å². The van der Waals surface area contributed by atoms with Crippen molar-refractivity contribution in [3.05, 3.63) is 46.7 Å². The van der Waals surface area contributed by atoms with Gasteiger partial charge in [-0.15, -0.1) is 24.0 Å². The summed E-state index contributed by atoms with van der Waals surface area (Å²) >= 11 is 1.71. The predicted molar refractivity (Wildman–Crippen MR) is 128 cm³/mol. The maximum atomic E-state index is 6.10. The van der Waals surface area contributed by atoms with E-state index in [1.807, 2.05) is 38.1 Å². The molecule has 0 aliphatic heterocycles. The topological polar surface area (TPSA) is 62.9 Å². The summed E-state index contributed by atoms with van der Waals surface area (Å²) in [4.78, 5) is 6.98. The Hall–Kier alpha value is -1.32. The highest BCUT2D eigenvalue weighted by Gasteiger charge is 2.18. The highest BCUT2D eigenvalue weighted by molar-refractivity contribution is 14.0. The largest absolute Gasteiger partial charge is 0.491 e. The van der Waals surface area contributed by atoms with Crippen LogP contribution in [0.1, 0.15) is 39.3 Å². The average molecular weight is 502 g/mol. The summed E-state index contributed by atoms with van der Waals surface area (Å²) < 4.78 is 5.65. The van der Waals surface area contributed by atoms with Crippen LogP contribution in [0, 0.1) is 0 Å². The Bertz CT molecular complexity index is 670. The molecule has 150 valence electrons. The average Bonchev–Trinajstić information content (AvgIpc) is 3.14. The minimum Gasteiger partial charge on any atom is -0.491 e. The molecule has 0 aliphatic rings. The number of nitrogens with one attached hydrogen (secondary N) is 1. The van der Waals surface area contributed by atoms with Gasteiger partial charge in [0.25, 0.3) is 0 Å². The van der Waals surface area contributed by atoms with Gasteiger partial charge in [-0.3, -0.25) is 9.89 Å². The number of hydrogen-bond acceptors (Lipinski definition) is 4. The number of benzene rings is 1. The van der Waals surface area contributed by atoms with Crippen molar-refractivity contribution in [1.29, 1.82) is 0 Å². The second kappa shape index (κ2) is 12.2. The van der Waals surface area contributed by atoms with Crippen LogP contribution in [0.25, 0.3) is 0 Å². The monoisotopic (exact) mass is 502 g/mol. The molecule has 0 saturated carbocycles. The number of halogens is 1. The lowest BCUT2D eigenvalue weighted by Gasteiger charge is -2.28. The standard InChI is InChI=1S/C20H30N4OS.HI/c1-5-24(6-2)19(16-11-12-26-14-16)13-22-20(21)23-17-7-9-18(10-8-17)25-15(3)4;/h7-12,14-15,19H,5-6,13H2,1-4H3,(H3,21,22,23);1H. The number of ether oxygens (including phenoxy) is 1. The van der Waals surface area contributed by atoms with Gasteiger partial charge in [-0.25, -0.2) is 0 Å². The first-order valence-corrected chi connectivity index (χ1v) is 10.1. The van der Waals surface area contributed by atoms with Crippen molar-refractivity contribution in [2.45, 2.75) is 39.8 Å². The van der Waals surface area contributed by atoms with Gasteiger partial charge in [-0.2, -0.15) is 11.3 Å². The summed E-state index contributed by atoms with van der Waals surface area (Å²) in [6.45, 7) is 11.0. The number of anilines is 1. The van der Waals surface area contributed by atoms with Crippen molar-refractivity contribution in [3.63, 3.8) is 0 Å². The fourth-order valence-corrected chi connectivity index (χ4v) is 3.53. The second-order valence-electron chi connectivity index (χ2n) is 6.34. The number of nitrogens with zero attached hydrogens (tertiary/aromatic N) is 2. The molecule has 3 N–H and O–H groups in total. The van der Waals surface area contributed by atoms with Crippen LogP contribution in [0.5, 0.6) is 5.75 Å². The van der Waals surface area contributed by atoms with Crippen LogP contribution < -0.4 is 15.8 Å². The molecule has 1 aromatic heterocycles. The Morgan fingerprint density at radius 2 is 1.85 bits per heavy atom. The quantitative estimate of drug-likeness (QED) is 0.289. The van der Waals surface area contributed by atoms with E-state index in [1.165, 1.54) is 5.56 Å². The van der Waals surface area contributed by atoms with Crippen LogP contribution in [0.3, 0.4) is 0 Å². The van der Waals surface area contributed by atoms with Crippen molar-refractivity contribution in [1.82, 2.24) is 4.90 Å². The molecule has 1 atom stereocenters. The van der Waals surface area contributed by atoms with Gasteiger partial charge >= 0.3 is 0 Å². The van der Waals surface area contributed by atoms with Crippen molar-refractivity contribution >= 4 is 47.0 Å². The van der Waals surface area contributed by atoms with Crippen molar-refractivity contribution in [2.24, 2.45) is 10.7 Å². The fourth-order valence-electron chi connectivity index (χ4n) is 2.82. The third-order valence-corrected chi connectivity index (χ3v) is 4.82. The van der Waals surface area contributed by atoms with Crippen LogP contribution in [0.2, 0.25) is 0 Å². The van der Waals surface area contributed by atoms with Gasteiger partial charge in [-0.1, -0.05) is 13.8 Å². The van der Waals surface area contributed by atoms with E-state index in [-0.39, 0.29) is 36.1 Å². The van der Waals surface area contributed by atoms with E-state index in [4.69, 9.17) is 10.5 Å². The van der Waals surface area contributed by atoms with Gasteiger partial charge in [0, 0.05) is 5.69 Å². The smallest absolute Gasteiger partial charge is 0.193 e. The van der Waals surface area contributed by atoms with E-state index in [1.54, 1.807) is 11.3 Å². The van der Waals surface area contributed by atoms with Gasteiger partial charge in [-0.05, 0) is 73.6 Å². The zero-order valence-corrected chi connectivity index (χ0v) is 19.7. The van der Waals surface area contributed by atoms with E-state index in [2.05, 4.69) is 45.9 Å². The number of guanidine groups is 1. The van der Waals surface area contributed by atoms with Crippen LogP contribution >= 0.6 is 35.3 Å². The summed E-state index contributed by atoms with van der Waals surface area (Å²) in [6, 6.07) is 10.2. The lowest BCUT2D eigenvalue weighted by molar-refractivity contribution is 0.225. The first-order valence-electron chi connectivity index (χ1n) is 9.13. The molecule has 5 nitrogen and oxygen atoms in total. The second-order valence-corrected chi connectivity index (χ2v) is 7.12. The molecule has 7 heteroatoms. The van der Waals surface area contributed by atoms with Gasteiger partial charge in [0.15, 0.2) is 5.96 Å². The van der Waals surface area contributed by atoms with E-state index < -0.39 is 0 Å². The molecule has 0 aliphatic carbocycles. The zero-order chi connectivity index (χ0) is 18.9. The number of hydrogen-bond donors (Lipinski definition) is 2. The summed E-state index contributed by atoms with van der Waals surface area (Å²) in [7, 11) is 0.